The summed E-state index contributed by atoms with van der Waals surface area (Å²) in [6.07, 6.45) is 3.84. The molecule has 4 nitrogen and oxygen atoms in total. The maximum absolute atomic E-state index is 12.7. The Morgan fingerprint density at radius 2 is 1.96 bits per heavy atom. The second kappa shape index (κ2) is 9.07. The predicted molar refractivity (Wildman–Crippen MR) is 98.3 cm³/mol. The van der Waals surface area contributed by atoms with Crippen LogP contribution in [0.3, 0.4) is 0 Å². The molecule has 1 fully saturated rings. The molecule has 1 heterocycles. The summed E-state index contributed by atoms with van der Waals surface area (Å²) in [4.78, 5) is 14.6. The molecule has 2 unspecified atom stereocenters. The van der Waals surface area contributed by atoms with Crippen molar-refractivity contribution < 1.29 is 9.53 Å². The molecule has 1 N–H and O–H groups in total. The van der Waals surface area contributed by atoms with Crippen molar-refractivity contribution in [1.29, 1.82) is 0 Å². The monoisotopic (exact) mass is 332 g/mol. The summed E-state index contributed by atoms with van der Waals surface area (Å²) < 4.78 is 5.42. The smallest absolute Gasteiger partial charge is 0.222 e. The van der Waals surface area contributed by atoms with Gasteiger partial charge in [-0.15, -0.1) is 0 Å². The van der Waals surface area contributed by atoms with Gasteiger partial charge in [-0.1, -0.05) is 25.1 Å². The molecule has 2 atom stereocenters. The fraction of sp³-hybridized carbons (Fsp3) is 0.650. The topological polar surface area (TPSA) is 41.6 Å². The fourth-order valence-electron chi connectivity index (χ4n) is 3.57. The van der Waals surface area contributed by atoms with Crippen molar-refractivity contribution in [3.63, 3.8) is 0 Å². The highest BCUT2D eigenvalue weighted by atomic mass is 16.5. The minimum absolute atomic E-state index is 0.161. The van der Waals surface area contributed by atoms with E-state index in [1.54, 1.807) is 7.11 Å². The lowest BCUT2D eigenvalue weighted by Gasteiger charge is -2.31. The first-order valence-corrected chi connectivity index (χ1v) is 9.11. The maximum atomic E-state index is 12.7. The lowest BCUT2D eigenvalue weighted by Crippen LogP contribution is -2.39. The van der Waals surface area contributed by atoms with Crippen LogP contribution in [0.15, 0.2) is 24.3 Å². The van der Waals surface area contributed by atoms with E-state index in [4.69, 9.17) is 4.74 Å². The molecule has 1 aliphatic heterocycles. The Morgan fingerprint density at radius 1 is 1.29 bits per heavy atom. The Bertz CT molecular complexity index is 526. The van der Waals surface area contributed by atoms with Crippen molar-refractivity contribution in [3.05, 3.63) is 29.8 Å². The van der Waals surface area contributed by atoms with Crippen LogP contribution in [0.5, 0.6) is 5.75 Å². The lowest BCUT2D eigenvalue weighted by molar-refractivity contribution is -0.133. The molecule has 2 rings (SSSR count). The van der Waals surface area contributed by atoms with Crippen molar-refractivity contribution in [1.82, 2.24) is 10.2 Å². The van der Waals surface area contributed by atoms with E-state index in [0.717, 1.165) is 30.8 Å². The molecule has 0 aliphatic carbocycles. The van der Waals surface area contributed by atoms with Gasteiger partial charge in [-0.25, -0.2) is 0 Å². The lowest BCUT2D eigenvalue weighted by atomic mass is 9.84. The predicted octanol–water partition coefficient (Wildman–Crippen LogP) is 3.11. The van der Waals surface area contributed by atoms with Crippen molar-refractivity contribution in [2.45, 2.75) is 45.6 Å². The van der Waals surface area contributed by atoms with Gasteiger partial charge in [-0.3, -0.25) is 4.79 Å². The van der Waals surface area contributed by atoms with Gasteiger partial charge in [0.1, 0.15) is 5.75 Å². The third-order valence-corrected chi connectivity index (χ3v) is 5.45. The van der Waals surface area contributed by atoms with Crippen LogP contribution in [0.1, 0.15) is 38.7 Å². The third-order valence-electron chi connectivity index (χ3n) is 5.45. The number of methoxy groups -OCH3 is 1. The van der Waals surface area contributed by atoms with Crippen molar-refractivity contribution in [2.75, 3.05) is 27.2 Å². The molecule has 0 bridgehead atoms. The number of hydrogen-bond acceptors (Lipinski definition) is 3. The van der Waals surface area contributed by atoms with Crippen LogP contribution in [-0.4, -0.2) is 44.1 Å². The summed E-state index contributed by atoms with van der Waals surface area (Å²) in [7, 11) is 3.62. The van der Waals surface area contributed by atoms with Gasteiger partial charge in [0.15, 0.2) is 0 Å². The van der Waals surface area contributed by atoms with Crippen LogP contribution in [0, 0.1) is 11.8 Å². The first-order valence-electron chi connectivity index (χ1n) is 9.11. The van der Waals surface area contributed by atoms with Gasteiger partial charge in [-0.05, 0) is 62.7 Å². The summed E-state index contributed by atoms with van der Waals surface area (Å²) in [5.74, 6) is 2.28. The molecule has 0 saturated carbocycles. The Labute approximate surface area is 146 Å². The number of benzene rings is 1. The van der Waals surface area contributed by atoms with Crippen LogP contribution in [0.4, 0.5) is 0 Å². The van der Waals surface area contributed by atoms with E-state index in [2.05, 4.69) is 25.2 Å². The molecule has 1 aromatic carbocycles. The molecule has 0 spiro atoms. The van der Waals surface area contributed by atoms with Crippen molar-refractivity contribution in [3.8, 4) is 5.75 Å². The molecule has 0 radical (unpaired) electrons. The Morgan fingerprint density at radius 3 is 2.62 bits per heavy atom. The van der Waals surface area contributed by atoms with Gasteiger partial charge in [0, 0.05) is 19.5 Å². The van der Waals surface area contributed by atoms with Crippen molar-refractivity contribution in [2.24, 2.45) is 11.8 Å². The maximum Gasteiger partial charge on any atom is 0.222 e. The van der Waals surface area contributed by atoms with E-state index in [0.29, 0.717) is 18.3 Å². The number of likely N-dealkylation sites (N-methyl/N-ethyl adjacent to an activating group) is 1. The van der Waals surface area contributed by atoms with Gasteiger partial charge in [0.05, 0.1) is 7.11 Å². The summed E-state index contributed by atoms with van der Waals surface area (Å²) in [5.41, 5.74) is 1.15. The summed E-state index contributed by atoms with van der Waals surface area (Å²) >= 11 is 0. The third kappa shape index (κ3) is 4.97. The zero-order chi connectivity index (χ0) is 17.5. The number of nitrogens with zero attached hydrogens (tertiary/aromatic N) is 1. The van der Waals surface area contributed by atoms with Gasteiger partial charge in [0.25, 0.3) is 0 Å². The number of nitrogens with one attached hydrogen (secondary N) is 1. The zero-order valence-corrected chi connectivity index (χ0v) is 15.5. The van der Waals surface area contributed by atoms with Gasteiger partial charge in [-0.2, -0.15) is 0 Å². The van der Waals surface area contributed by atoms with E-state index in [1.165, 1.54) is 12.8 Å². The summed E-state index contributed by atoms with van der Waals surface area (Å²) in [6, 6.07) is 8.21. The standard InChI is InChI=1S/C20H32N2O2/c1-15(17-9-11-21-12-10-17)13-20(23)22(3)16(2)14-18-7-5-6-8-19(18)24-4/h5-8,15-17,21H,9-14H2,1-4H3. The second-order valence-electron chi connectivity index (χ2n) is 7.14. The number of piperidine rings is 1. The van der Waals surface area contributed by atoms with Crippen LogP contribution < -0.4 is 10.1 Å². The Balaban J connectivity index is 1.89. The van der Waals surface area contributed by atoms with E-state index in [-0.39, 0.29) is 11.9 Å². The second-order valence-corrected chi connectivity index (χ2v) is 7.14. The van der Waals surface area contributed by atoms with Gasteiger partial charge < -0.3 is 15.0 Å². The van der Waals surface area contributed by atoms with E-state index in [1.807, 2.05) is 30.1 Å². The molecule has 1 aliphatic rings. The molecule has 4 heteroatoms. The van der Waals surface area contributed by atoms with E-state index in [9.17, 15) is 4.79 Å². The molecular formula is C20H32N2O2. The summed E-state index contributed by atoms with van der Waals surface area (Å²) in [6.45, 7) is 6.51. The van der Waals surface area contributed by atoms with Crippen molar-refractivity contribution >= 4 is 5.91 Å². The molecular weight excluding hydrogens is 300 g/mol. The number of carbonyl (C=O) groups excluding carboxylic acids is 1. The average molecular weight is 332 g/mol. The van der Waals surface area contributed by atoms with Crippen LogP contribution in [0.25, 0.3) is 0 Å². The molecule has 0 aromatic heterocycles. The minimum atomic E-state index is 0.161. The highest BCUT2D eigenvalue weighted by Crippen LogP contribution is 2.26. The number of carbonyl (C=O) groups is 1. The van der Waals surface area contributed by atoms with E-state index >= 15 is 0 Å². The first-order chi connectivity index (χ1) is 11.5. The number of rotatable bonds is 7. The highest BCUT2D eigenvalue weighted by Gasteiger charge is 2.25. The molecule has 1 aromatic rings. The SMILES string of the molecule is COc1ccccc1CC(C)N(C)C(=O)CC(C)C1CCNCC1. The van der Waals surface area contributed by atoms with Crippen LogP contribution in [0.2, 0.25) is 0 Å². The average Bonchev–Trinajstić information content (AvgIpc) is 2.62. The molecule has 1 saturated heterocycles. The number of para-hydroxylation sites is 1. The molecule has 24 heavy (non-hydrogen) atoms. The Kier molecular flexibility index (Phi) is 7.10. The largest absolute Gasteiger partial charge is 0.496 e. The van der Waals surface area contributed by atoms with Crippen LogP contribution in [-0.2, 0) is 11.2 Å². The normalized spacial score (nSPS) is 18.0. The fourth-order valence-corrected chi connectivity index (χ4v) is 3.57. The number of hydrogen-bond donors (Lipinski definition) is 1. The molecule has 134 valence electrons. The quantitative estimate of drug-likeness (QED) is 0.834. The highest BCUT2D eigenvalue weighted by molar-refractivity contribution is 5.76. The molecule has 1 amide bonds. The first kappa shape index (κ1) is 18.8. The summed E-state index contributed by atoms with van der Waals surface area (Å²) in [5, 5.41) is 3.39. The van der Waals surface area contributed by atoms with Gasteiger partial charge >= 0.3 is 0 Å². The number of amides is 1. The number of ether oxygens (including phenoxy) is 1. The zero-order valence-electron chi connectivity index (χ0n) is 15.5. The minimum Gasteiger partial charge on any atom is -0.496 e. The Hall–Kier alpha value is -1.55. The van der Waals surface area contributed by atoms with Crippen LogP contribution >= 0.6 is 0 Å². The van der Waals surface area contributed by atoms with E-state index < -0.39 is 0 Å². The van der Waals surface area contributed by atoms with Gasteiger partial charge in [0.2, 0.25) is 5.91 Å².